The van der Waals surface area contributed by atoms with E-state index in [1.165, 1.54) is 6.07 Å². The minimum atomic E-state index is -1.03. The van der Waals surface area contributed by atoms with E-state index in [0.717, 1.165) is 12.7 Å². The van der Waals surface area contributed by atoms with Crippen LogP contribution < -0.4 is 45.1 Å². The molecule has 0 spiro atoms. The molecule has 0 bridgehead atoms. The zero-order valence-electron chi connectivity index (χ0n) is 12.6. The van der Waals surface area contributed by atoms with Crippen LogP contribution in [0.25, 0.3) is 0 Å². The second-order valence-electron chi connectivity index (χ2n) is 4.73. The molecule has 0 aliphatic heterocycles. The molecular weight excluding hydrogens is 662 g/mol. The van der Waals surface area contributed by atoms with Crippen molar-refractivity contribution in [3.05, 3.63) is 46.6 Å². The number of rotatable bonds is 5. The van der Waals surface area contributed by atoms with Crippen molar-refractivity contribution < 1.29 is 49.3 Å². The van der Waals surface area contributed by atoms with Gasteiger partial charge in [-0.25, -0.2) is 0 Å². The maximum Gasteiger partial charge on any atom is 1.00 e. The third-order valence-electron chi connectivity index (χ3n) is 2.98. The molecule has 0 saturated heterocycles. The molecule has 0 fully saturated rings. The maximum absolute atomic E-state index is 11.6. The van der Waals surface area contributed by atoms with E-state index in [2.05, 4.69) is 45.2 Å². The van der Waals surface area contributed by atoms with Gasteiger partial charge in [0.05, 0.1) is 7.14 Å². The van der Waals surface area contributed by atoms with Crippen LogP contribution in [-0.2, 0) is 11.2 Å². The zero-order chi connectivity index (χ0) is 17.1. The first-order chi connectivity index (χ1) is 10.8. The van der Waals surface area contributed by atoms with Crippen molar-refractivity contribution in [2.75, 3.05) is 0 Å². The fourth-order valence-electron chi connectivity index (χ4n) is 1.80. The van der Waals surface area contributed by atoms with E-state index in [1.54, 1.807) is 18.2 Å². The molecule has 0 saturated carbocycles. The van der Waals surface area contributed by atoms with Gasteiger partial charge in [0.15, 0.2) is 0 Å². The van der Waals surface area contributed by atoms with Crippen molar-refractivity contribution in [1.29, 1.82) is 0 Å². The Bertz CT molecular complexity index is 758. The van der Waals surface area contributed by atoms with Crippen LogP contribution in [0.1, 0.15) is 5.56 Å². The summed E-state index contributed by atoms with van der Waals surface area (Å²) < 4.78 is 8.05. The monoisotopic (exact) mass is 673 g/mol. The maximum atomic E-state index is 11.6. The van der Waals surface area contributed by atoms with Crippen molar-refractivity contribution in [1.82, 2.24) is 0 Å². The van der Waals surface area contributed by atoms with Crippen LogP contribution in [0.2, 0.25) is 0 Å². The van der Waals surface area contributed by atoms with Crippen molar-refractivity contribution >= 4 is 73.7 Å². The molecule has 3 N–H and O–H groups in total. The first-order valence-electron chi connectivity index (χ1n) is 6.38. The molecular formula is C15H11I3NNaO4. The van der Waals surface area contributed by atoms with Crippen molar-refractivity contribution in [2.24, 2.45) is 5.73 Å². The Hall–Kier alpha value is 0.660. The van der Waals surface area contributed by atoms with Crippen molar-refractivity contribution in [3.8, 4) is 17.2 Å². The molecule has 0 heterocycles. The number of hydrogen-bond donors (Lipinski definition) is 2. The molecule has 0 aromatic heterocycles. The van der Waals surface area contributed by atoms with Crippen LogP contribution in [0.4, 0.5) is 0 Å². The summed E-state index contributed by atoms with van der Waals surface area (Å²) in [5.74, 6) is 0.199. The molecule has 2 aromatic carbocycles. The fraction of sp³-hybridized carbons (Fsp3) is 0.133. The largest absolute Gasteiger partial charge is 1.00 e. The molecule has 2 rings (SSSR count). The number of carboxylic acids is 1. The summed E-state index contributed by atoms with van der Waals surface area (Å²) >= 11 is 6.16. The Labute approximate surface area is 202 Å². The molecule has 24 heavy (non-hydrogen) atoms. The number of halogens is 3. The van der Waals surface area contributed by atoms with Crippen LogP contribution in [-0.4, -0.2) is 17.1 Å². The van der Waals surface area contributed by atoms with Gasteiger partial charge >= 0.3 is 35.5 Å². The Balaban J connectivity index is 0.00000288. The molecule has 0 radical (unpaired) electrons. The van der Waals surface area contributed by atoms with Gasteiger partial charge in [0.25, 0.3) is 0 Å². The van der Waals surface area contributed by atoms with Crippen LogP contribution in [0.5, 0.6) is 17.2 Å². The Morgan fingerprint density at radius 1 is 1.12 bits per heavy atom. The molecule has 1 atom stereocenters. The van der Waals surface area contributed by atoms with Crippen LogP contribution >= 0.6 is 67.8 Å². The standard InChI is InChI=1S/C15H12I3NO4.Na/c16-8-6-14(10(18)5-12(8)20)23-13-2-1-7(3-9(13)17)4-11(19)15(21)22;/h1-3,5-6,11,20H,4,19H2,(H,21,22);/q;+1/p-1/t11-;/m0./s1. The SMILES string of the molecule is N[C@@H](Cc1ccc(Oc2cc(I)c([O-])cc2I)c(I)c1)C(=O)O.[Na+]. The van der Waals surface area contributed by atoms with Gasteiger partial charge in [-0.2, -0.15) is 0 Å². The topological polar surface area (TPSA) is 95.6 Å². The average molecular weight is 673 g/mol. The first kappa shape index (κ1) is 22.7. The summed E-state index contributed by atoms with van der Waals surface area (Å²) in [5.41, 5.74) is 6.38. The van der Waals surface area contributed by atoms with E-state index in [-0.39, 0.29) is 41.7 Å². The zero-order valence-corrected chi connectivity index (χ0v) is 21.0. The molecule has 0 amide bonds. The predicted octanol–water partition coefficient (Wildman–Crippen LogP) is 0.325. The molecule has 9 heteroatoms. The van der Waals surface area contributed by atoms with Gasteiger partial charge in [-0.3, -0.25) is 4.79 Å². The molecule has 0 unspecified atom stereocenters. The normalized spacial score (nSPS) is 11.5. The van der Waals surface area contributed by atoms with Crippen molar-refractivity contribution in [3.63, 3.8) is 0 Å². The molecule has 122 valence electrons. The number of ether oxygens (including phenoxy) is 1. The molecule has 0 aliphatic rings. The first-order valence-corrected chi connectivity index (χ1v) is 9.62. The van der Waals surface area contributed by atoms with Gasteiger partial charge in [-0.1, -0.05) is 17.9 Å². The summed E-state index contributed by atoms with van der Waals surface area (Å²) in [5, 5.41) is 20.4. The third kappa shape index (κ3) is 6.13. The summed E-state index contributed by atoms with van der Waals surface area (Å²) in [6, 6.07) is 7.72. The van der Waals surface area contributed by atoms with E-state index in [4.69, 9.17) is 15.6 Å². The van der Waals surface area contributed by atoms with Crippen molar-refractivity contribution in [2.45, 2.75) is 12.5 Å². The molecule has 5 nitrogen and oxygen atoms in total. The van der Waals surface area contributed by atoms with Gasteiger partial charge in [0.2, 0.25) is 0 Å². The fourth-order valence-corrected chi connectivity index (χ4v) is 3.48. The molecule has 2 aromatic rings. The van der Waals surface area contributed by atoms with E-state index < -0.39 is 12.0 Å². The Morgan fingerprint density at radius 3 is 2.33 bits per heavy atom. The number of benzene rings is 2. The van der Waals surface area contributed by atoms with Crippen LogP contribution in [0, 0.1) is 10.7 Å². The summed E-state index contributed by atoms with van der Waals surface area (Å²) in [6.45, 7) is 0. The Kier molecular flexibility index (Phi) is 9.57. The smallest absolute Gasteiger partial charge is 0.872 e. The number of aliphatic carboxylic acids is 1. The summed E-state index contributed by atoms with van der Waals surface area (Å²) in [4.78, 5) is 10.8. The minimum Gasteiger partial charge on any atom is -0.872 e. The van der Waals surface area contributed by atoms with E-state index in [0.29, 0.717) is 15.1 Å². The predicted molar refractivity (Wildman–Crippen MR) is 110 cm³/mol. The minimum absolute atomic E-state index is 0. The van der Waals surface area contributed by atoms with E-state index in [1.807, 2.05) is 28.7 Å². The third-order valence-corrected chi connectivity index (χ3v) is 5.50. The number of carboxylic acid groups (broad SMARTS) is 1. The Morgan fingerprint density at radius 2 is 1.75 bits per heavy atom. The quantitative estimate of drug-likeness (QED) is 0.353. The van der Waals surface area contributed by atoms with Gasteiger partial charge in [0, 0.05) is 3.57 Å². The van der Waals surface area contributed by atoms with Gasteiger partial charge in [-0.15, -0.1) is 0 Å². The number of nitrogens with two attached hydrogens (primary N) is 1. The molecule has 0 aliphatic carbocycles. The van der Waals surface area contributed by atoms with E-state index >= 15 is 0 Å². The van der Waals surface area contributed by atoms with Gasteiger partial charge < -0.3 is 20.7 Å². The van der Waals surface area contributed by atoms with E-state index in [9.17, 15) is 9.90 Å². The number of hydrogen-bond acceptors (Lipinski definition) is 4. The van der Waals surface area contributed by atoms with Gasteiger partial charge in [0.1, 0.15) is 17.5 Å². The average Bonchev–Trinajstić information content (AvgIpc) is 2.47. The second-order valence-corrected chi connectivity index (χ2v) is 8.22. The number of carbonyl (C=O) groups is 1. The van der Waals surface area contributed by atoms with Crippen LogP contribution in [0.15, 0.2) is 30.3 Å². The summed E-state index contributed by atoms with van der Waals surface area (Å²) in [6.07, 6.45) is 0.256. The van der Waals surface area contributed by atoms with Crippen LogP contribution in [0.3, 0.4) is 0 Å². The second kappa shape index (κ2) is 10.1. The van der Waals surface area contributed by atoms with Gasteiger partial charge in [-0.05, 0) is 98.0 Å². The summed E-state index contributed by atoms with van der Waals surface area (Å²) in [7, 11) is 0.